The Kier molecular flexibility index (Phi) is 5.96. The van der Waals surface area contributed by atoms with Gasteiger partial charge in [-0.25, -0.2) is 4.39 Å². The lowest BCUT2D eigenvalue weighted by atomic mass is 10.1. The molecule has 0 spiro atoms. The number of hydrogen-bond donors (Lipinski definition) is 0. The molecule has 1 aromatic carbocycles. The highest BCUT2D eigenvalue weighted by atomic mass is 32.1. The fourth-order valence-corrected chi connectivity index (χ4v) is 3.65. The fourth-order valence-electron chi connectivity index (χ4n) is 2.94. The van der Waals surface area contributed by atoms with Gasteiger partial charge >= 0.3 is 0 Å². The lowest BCUT2D eigenvalue weighted by Gasteiger charge is -2.34. The first-order chi connectivity index (χ1) is 12.5. The molecule has 2 heterocycles. The maximum atomic E-state index is 12.9. The zero-order valence-corrected chi connectivity index (χ0v) is 15.5. The van der Waals surface area contributed by atoms with Crippen molar-refractivity contribution in [1.82, 2.24) is 9.80 Å². The number of thiophene rings is 1. The number of nitrogens with zero attached hydrogens (tertiary/aromatic N) is 2. The first kappa shape index (κ1) is 18.5. The second kappa shape index (κ2) is 8.38. The monoisotopic (exact) mass is 372 g/mol. The number of carbonyl (C=O) groups is 2. The summed E-state index contributed by atoms with van der Waals surface area (Å²) in [5.74, 6) is -0.332. The molecule has 0 radical (unpaired) electrons. The van der Waals surface area contributed by atoms with Crippen LogP contribution in [0.25, 0.3) is 6.08 Å². The Bertz CT molecular complexity index is 792. The van der Waals surface area contributed by atoms with Gasteiger partial charge in [0.05, 0.1) is 6.54 Å². The molecule has 6 heteroatoms. The third-order valence-electron chi connectivity index (χ3n) is 4.43. The van der Waals surface area contributed by atoms with E-state index in [1.54, 1.807) is 11.3 Å². The molecule has 136 valence electrons. The highest BCUT2D eigenvalue weighted by molar-refractivity contribution is 7.10. The summed E-state index contributed by atoms with van der Waals surface area (Å²) >= 11 is 1.60. The summed E-state index contributed by atoms with van der Waals surface area (Å²) in [6.07, 6.45) is 1.91. The highest BCUT2D eigenvalue weighted by Crippen LogP contribution is 2.15. The van der Waals surface area contributed by atoms with E-state index in [9.17, 15) is 14.0 Å². The third kappa shape index (κ3) is 4.65. The lowest BCUT2D eigenvalue weighted by molar-refractivity contribution is -0.128. The van der Waals surface area contributed by atoms with Crippen LogP contribution in [0.2, 0.25) is 0 Å². The second-order valence-electron chi connectivity index (χ2n) is 6.34. The number of piperazine rings is 1. The second-order valence-corrected chi connectivity index (χ2v) is 7.32. The number of rotatable bonds is 5. The molecule has 1 fully saturated rings. The summed E-state index contributed by atoms with van der Waals surface area (Å²) < 4.78 is 12.9. The van der Waals surface area contributed by atoms with Gasteiger partial charge in [-0.1, -0.05) is 6.07 Å². The molecule has 0 unspecified atom stereocenters. The van der Waals surface area contributed by atoms with E-state index in [-0.39, 0.29) is 24.1 Å². The van der Waals surface area contributed by atoms with Crippen LogP contribution in [0.1, 0.15) is 22.2 Å². The van der Waals surface area contributed by atoms with Gasteiger partial charge in [-0.15, -0.1) is 11.3 Å². The van der Waals surface area contributed by atoms with Crippen LogP contribution in [0.4, 0.5) is 4.39 Å². The summed E-state index contributed by atoms with van der Waals surface area (Å²) in [6.45, 7) is 4.65. The van der Waals surface area contributed by atoms with E-state index in [0.29, 0.717) is 31.7 Å². The van der Waals surface area contributed by atoms with Gasteiger partial charge in [0.15, 0.2) is 5.78 Å². The Morgan fingerprint density at radius 1 is 1.12 bits per heavy atom. The van der Waals surface area contributed by atoms with Gasteiger partial charge in [0, 0.05) is 42.2 Å². The van der Waals surface area contributed by atoms with Gasteiger partial charge in [0.1, 0.15) is 5.82 Å². The Balaban J connectivity index is 1.51. The quantitative estimate of drug-likeness (QED) is 0.597. The van der Waals surface area contributed by atoms with Crippen molar-refractivity contribution in [3.63, 3.8) is 0 Å². The normalized spacial score (nSPS) is 15.9. The first-order valence-electron chi connectivity index (χ1n) is 8.55. The molecule has 1 aliphatic heterocycles. The van der Waals surface area contributed by atoms with Crippen molar-refractivity contribution in [3.8, 4) is 0 Å². The van der Waals surface area contributed by atoms with Gasteiger partial charge in [-0.2, -0.15) is 0 Å². The summed E-state index contributed by atoms with van der Waals surface area (Å²) in [5, 5.41) is 1.99. The Morgan fingerprint density at radius 3 is 2.42 bits per heavy atom. The SMILES string of the molecule is C/C(=C\c1cccs1)C(=O)N1CCN(CC(=O)c2ccc(F)cc2)CC1. The smallest absolute Gasteiger partial charge is 0.249 e. The molecule has 1 aliphatic rings. The molecule has 26 heavy (non-hydrogen) atoms. The van der Waals surface area contributed by atoms with Crippen LogP contribution < -0.4 is 0 Å². The van der Waals surface area contributed by atoms with Crippen LogP contribution in [-0.2, 0) is 4.79 Å². The van der Waals surface area contributed by atoms with Crippen LogP contribution in [0.5, 0.6) is 0 Å². The minimum atomic E-state index is -0.348. The van der Waals surface area contributed by atoms with Crippen molar-refractivity contribution in [2.75, 3.05) is 32.7 Å². The first-order valence-corrected chi connectivity index (χ1v) is 9.43. The number of benzene rings is 1. The Hall–Kier alpha value is -2.31. The van der Waals surface area contributed by atoms with E-state index in [1.807, 2.05) is 40.3 Å². The summed E-state index contributed by atoms with van der Waals surface area (Å²) in [6, 6.07) is 9.57. The van der Waals surface area contributed by atoms with Gasteiger partial charge in [-0.3, -0.25) is 14.5 Å². The maximum absolute atomic E-state index is 12.9. The molecule has 0 aliphatic carbocycles. The van der Waals surface area contributed by atoms with Crippen molar-refractivity contribution in [3.05, 3.63) is 63.6 Å². The number of Topliss-reactive ketones (excluding diaryl/α,β-unsaturated/α-hetero) is 1. The van der Waals surface area contributed by atoms with Crippen LogP contribution in [-0.4, -0.2) is 54.2 Å². The molecule has 0 saturated carbocycles. The number of ketones is 1. The van der Waals surface area contributed by atoms with Crippen LogP contribution in [0.15, 0.2) is 47.4 Å². The predicted molar refractivity (Wildman–Crippen MR) is 102 cm³/mol. The van der Waals surface area contributed by atoms with Crippen LogP contribution in [0.3, 0.4) is 0 Å². The molecular formula is C20H21FN2O2S. The average Bonchev–Trinajstić information content (AvgIpc) is 3.15. The molecular weight excluding hydrogens is 351 g/mol. The van der Waals surface area contributed by atoms with Gasteiger partial charge in [-0.05, 0) is 48.7 Å². The summed E-state index contributed by atoms with van der Waals surface area (Å²) in [5.41, 5.74) is 1.24. The molecule has 1 amide bonds. The standard InChI is InChI=1S/C20H21FN2O2S/c1-15(13-18-3-2-12-26-18)20(25)23-10-8-22(9-11-23)14-19(24)16-4-6-17(21)7-5-16/h2-7,12-13H,8-11,14H2,1H3/b15-13+. The molecule has 1 saturated heterocycles. The van der Waals surface area contributed by atoms with Gasteiger partial charge < -0.3 is 4.90 Å². The van der Waals surface area contributed by atoms with E-state index >= 15 is 0 Å². The Labute approximate surface area is 156 Å². The number of amides is 1. The van der Waals surface area contributed by atoms with Crippen LogP contribution in [0, 0.1) is 5.82 Å². The molecule has 1 aromatic heterocycles. The van der Waals surface area contributed by atoms with Gasteiger partial charge in [0.2, 0.25) is 5.91 Å². The molecule has 2 aromatic rings. The molecule has 0 N–H and O–H groups in total. The van der Waals surface area contributed by atoms with Crippen molar-refractivity contribution in [1.29, 1.82) is 0 Å². The zero-order chi connectivity index (χ0) is 18.5. The summed E-state index contributed by atoms with van der Waals surface area (Å²) in [4.78, 5) is 29.8. The fraction of sp³-hybridized carbons (Fsp3) is 0.300. The van der Waals surface area contributed by atoms with E-state index in [1.165, 1.54) is 24.3 Å². The minimum absolute atomic E-state index is 0.0291. The largest absolute Gasteiger partial charge is 0.336 e. The van der Waals surface area contributed by atoms with Crippen LogP contribution >= 0.6 is 11.3 Å². The number of carbonyl (C=O) groups excluding carboxylic acids is 2. The lowest BCUT2D eigenvalue weighted by Crippen LogP contribution is -2.50. The van der Waals surface area contributed by atoms with E-state index in [2.05, 4.69) is 0 Å². The molecule has 3 rings (SSSR count). The highest BCUT2D eigenvalue weighted by Gasteiger charge is 2.23. The zero-order valence-electron chi connectivity index (χ0n) is 14.7. The topological polar surface area (TPSA) is 40.6 Å². The number of hydrogen-bond acceptors (Lipinski definition) is 4. The predicted octanol–water partition coefficient (Wildman–Crippen LogP) is 3.32. The van der Waals surface area contributed by atoms with E-state index in [0.717, 1.165) is 10.5 Å². The molecule has 0 bridgehead atoms. The third-order valence-corrected chi connectivity index (χ3v) is 5.25. The summed E-state index contributed by atoms with van der Waals surface area (Å²) in [7, 11) is 0. The molecule has 0 atom stereocenters. The van der Waals surface area contributed by atoms with Crippen molar-refractivity contribution in [2.24, 2.45) is 0 Å². The maximum Gasteiger partial charge on any atom is 0.249 e. The van der Waals surface area contributed by atoms with E-state index in [4.69, 9.17) is 0 Å². The van der Waals surface area contributed by atoms with E-state index < -0.39 is 0 Å². The molecule has 4 nitrogen and oxygen atoms in total. The average molecular weight is 372 g/mol. The minimum Gasteiger partial charge on any atom is -0.336 e. The van der Waals surface area contributed by atoms with Crippen molar-refractivity contribution >= 4 is 29.1 Å². The van der Waals surface area contributed by atoms with Crippen molar-refractivity contribution in [2.45, 2.75) is 6.92 Å². The Morgan fingerprint density at radius 2 is 1.81 bits per heavy atom. The van der Waals surface area contributed by atoms with Crippen molar-refractivity contribution < 1.29 is 14.0 Å². The number of halogens is 1. The van der Waals surface area contributed by atoms with Gasteiger partial charge in [0.25, 0.3) is 0 Å².